The number of hydrogen-bond donors (Lipinski definition) is 1. The molecule has 0 bridgehead atoms. The van der Waals surface area contributed by atoms with Gasteiger partial charge in [-0.15, -0.1) is 11.3 Å². The van der Waals surface area contributed by atoms with Crippen LogP contribution >= 0.6 is 11.3 Å². The molecule has 2 amide bonds. The second-order valence-electron chi connectivity index (χ2n) is 8.79. The van der Waals surface area contributed by atoms with Crippen molar-refractivity contribution in [3.63, 3.8) is 0 Å². The number of amides is 2. The zero-order valence-corrected chi connectivity index (χ0v) is 18.8. The van der Waals surface area contributed by atoms with Crippen molar-refractivity contribution in [3.05, 3.63) is 51.2 Å². The number of piperidine rings is 1. The number of alkyl halides is 3. The molecule has 6 nitrogen and oxygen atoms in total. The van der Waals surface area contributed by atoms with Crippen LogP contribution in [0.1, 0.15) is 44.9 Å². The third-order valence-electron chi connectivity index (χ3n) is 6.67. The molecule has 4 rings (SSSR count). The van der Waals surface area contributed by atoms with Crippen LogP contribution in [0.15, 0.2) is 30.3 Å². The molecule has 1 spiro atoms. The molecule has 1 atom stereocenters. The minimum atomic E-state index is -4.61. The van der Waals surface area contributed by atoms with Crippen LogP contribution in [-0.2, 0) is 11.0 Å². The van der Waals surface area contributed by atoms with E-state index < -0.39 is 29.3 Å². The quantitative estimate of drug-likeness (QED) is 0.727. The summed E-state index contributed by atoms with van der Waals surface area (Å²) in [5.41, 5.74) is 4.38. The van der Waals surface area contributed by atoms with E-state index in [4.69, 9.17) is 11.0 Å². The number of carbonyl (C=O) groups is 2. The molecule has 0 saturated carbocycles. The van der Waals surface area contributed by atoms with Gasteiger partial charge in [-0.05, 0) is 61.9 Å². The smallest absolute Gasteiger partial charge is 0.371 e. The van der Waals surface area contributed by atoms with Gasteiger partial charge in [0.05, 0.1) is 22.1 Å². The molecule has 1 aromatic carbocycles. The first-order valence-corrected chi connectivity index (χ1v) is 11.4. The summed E-state index contributed by atoms with van der Waals surface area (Å²) in [4.78, 5) is 30.2. The van der Waals surface area contributed by atoms with Crippen LogP contribution in [0.25, 0.3) is 0 Å². The van der Waals surface area contributed by atoms with E-state index in [1.165, 1.54) is 23.5 Å². The number of nitrogens with zero attached hydrogens (tertiary/aromatic N) is 3. The first kappa shape index (κ1) is 23.1. The summed E-state index contributed by atoms with van der Waals surface area (Å²) < 4.78 is 40.1. The lowest BCUT2D eigenvalue weighted by atomic mass is 9.76. The topological polar surface area (TPSA) is 90.4 Å². The van der Waals surface area contributed by atoms with Crippen molar-refractivity contribution in [3.8, 4) is 6.07 Å². The predicted molar refractivity (Wildman–Crippen MR) is 118 cm³/mol. The minimum absolute atomic E-state index is 0.210. The van der Waals surface area contributed by atoms with Gasteiger partial charge >= 0.3 is 6.18 Å². The number of rotatable bonds is 3. The largest absolute Gasteiger partial charge is 0.417 e. The zero-order valence-electron chi connectivity index (χ0n) is 18.0. The third kappa shape index (κ3) is 4.42. The Morgan fingerprint density at radius 1 is 1.21 bits per heavy atom. The monoisotopic (exact) mass is 476 g/mol. The molecular formula is C23H23F3N4O2S. The van der Waals surface area contributed by atoms with E-state index in [-0.39, 0.29) is 11.3 Å². The molecule has 1 aromatic heterocycles. The van der Waals surface area contributed by atoms with Crippen molar-refractivity contribution in [2.75, 3.05) is 24.5 Å². The van der Waals surface area contributed by atoms with E-state index in [9.17, 15) is 22.8 Å². The number of benzene rings is 1. The highest BCUT2D eigenvalue weighted by molar-refractivity contribution is 7.13. The number of hydrogen-bond acceptors (Lipinski definition) is 5. The number of carbonyl (C=O) groups excluding carboxylic acids is 2. The van der Waals surface area contributed by atoms with Crippen LogP contribution < -0.4 is 10.6 Å². The maximum absolute atomic E-state index is 13.4. The van der Waals surface area contributed by atoms with Gasteiger partial charge in [0.1, 0.15) is 6.04 Å². The fourth-order valence-corrected chi connectivity index (χ4v) is 5.70. The van der Waals surface area contributed by atoms with Crippen molar-refractivity contribution in [1.29, 1.82) is 5.26 Å². The Hall–Kier alpha value is -3.06. The molecule has 2 aliphatic rings. The van der Waals surface area contributed by atoms with Gasteiger partial charge in [-0.1, -0.05) is 0 Å². The molecule has 2 saturated heterocycles. The zero-order chi connectivity index (χ0) is 24.0. The van der Waals surface area contributed by atoms with E-state index in [1.807, 2.05) is 17.9 Å². The summed E-state index contributed by atoms with van der Waals surface area (Å²) in [7, 11) is 0. The Morgan fingerprint density at radius 3 is 2.45 bits per heavy atom. The Kier molecular flexibility index (Phi) is 5.86. The number of likely N-dealkylation sites (tertiary alicyclic amines) is 1. The van der Waals surface area contributed by atoms with Gasteiger partial charge in [-0.25, -0.2) is 0 Å². The van der Waals surface area contributed by atoms with Gasteiger partial charge in [0, 0.05) is 30.2 Å². The Bertz CT molecular complexity index is 1130. The van der Waals surface area contributed by atoms with Crippen LogP contribution in [0.4, 0.5) is 18.9 Å². The van der Waals surface area contributed by atoms with Gasteiger partial charge in [0.25, 0.3) is 5.91 Å². The van der Waals surface area contributed by atoms with Gasteiger partial charge in [-0.3, -0.25) is 9.59 Å². The molecule has 2 fully saturated rings. The molecular weight excluding hydrogens is 453 g/mol. The number of nitriles is 1. The maximum atomic E-state index is 13.4. The van der Waals surface area contributed by atoms with E-state index >= 15 is 0 Å². The van der Waals surface area contributed by atoms with Gasteiger partial charge in [0.15, 0.2) is 0 Å². The van der Waals surface area contributed by atoms with Crippen LogP contribution in [0.5, 0.6) is 0 Å². The van der Waals surface area contributed by atoms with Crippen molar-refractivity contribution >= 4 is 28.8 Å². The van der Waals surface area contributed by atoms with Gasteiger partial charge in [-0.2, -0.15) is 18.4 Å². The molecule has 33 heavy (non-hydrogen) atoms. The van der Waals surface area contributed by atoms with Gasteiger partial charge in [0.2, 0.25) is 5.91 Å². The summed E-state index contributed by atoms with van der Waals surface area (Å²) in [5.74, 6) is -0.754. The highest BCUT2D eigenvalue weighted by Crippen LogP contribution is 2.45. The van der Waals surface area contributed by atoms with Crippen molar-refractivity contribution in [1.82, 2.24) is 4.90 Å². The van der Waals surface area contributed by atoms with Crippen molar-refractivity contribution < 1.29 is 22.8 Å². The highest BCUT2D eigenvalue weighted by Gasteiger charge is 2.49. The van der Waals surface area contributed by atoms with Crippen LogP contribution in [-0.4, -0.2) is 42.4 Å². The predicted octanol–water partition coefficient (Wildman–Crippen LogP) is 3.93. The summed E-state index contributed by atoms with van der Waals surface area (Å²) >= 11 is 1.37. The van der Waals surface area contributed by atoms with Crippen LogP contribution in [0.3, 0.4) is 0 Å². The van der Waals surface area contributed by atoms with E-state index in [1.54, 1.807) is 17.0 Å². The molecule has 0 aliphatic carbocycles. The minimum Gasteiger partial charge on any atom is -0.371 e. The first-order valence-electron chi connectivity index (χ1n) is 10.6. The summed E-state index contributed by atoms with van der Waals surface area (Å²) in [6.45, 7) is 3.26. The third-order valence-corrected chi connectivity index (χ3v) is 7.66. The number of nitrogens with two attached hydrogens (primary N) is 1. The van der Waals surface area contributed by atoms with Crippen LogP contribution in [0.2, 0.25) is 0 Å². The summed E-state index contributed by atoms with van der Waals surface area (Å²) in [5, 5.41) is 9.01. The molecule has 174 valence electrons. The fourth-order valence-electron chi connectivity index (χ4n) is 4.88. The van der Waals surface area contributed by atoms with E-state index in [0.717, 1.165) is 10.9 Å². The number of primary amides is 1. The molecule has 10 heteroatoms. The Morgan fingerprint density at radius 2 is 1.91 bits per heavy atom. The molecule has 0 radical (unpaired) electrons. The summed E-state index contributed by atoms with van der Waals surface area (Å²) in [6, 6.07) is 8.25. The number of aryl methyl sites for hydroxylation is 1. The fraction of sp³-hybridized carbons (Fsp3) is 0.435. The standard InChI is InChI=1S/C23H23F3N4O2S/c1-14-2-5-19(33-14)21(32)30-13-22(11-18(30)20(28)31)6-8-29(9-7-22)16-4-3-15(12-27)17(10-16)23(24,25)26/h2-5,10,18H,6-9,11,13H2,1H3,(H2,28,31). The van der Waals surface area contributed by atoms with E-state index in [2.05, 4.69) is 0 Å². The van der Waals surface area contributed by atoms with Crippen LogP contribution in [0, 0.1) is 23.7 Å². The van der Waals surface area contributed by atoms with Crippen molar-refractivity contribution in [2.45, 2.75) is 38.4 Å². The molecule has 2 N–H and O–H groups in total. The highest BCUT2D eigenvalue weighted by atomic mass is 32.1. The second kappa shape index (κ2) is 8.37. The van der Waals surface area contributed by atoms with Gasteiger partial charge < -0.3 is 15.5 Å². The maximum Gasteiger partial charge on any atom is 0.417 e. The second-order valence-corrected chi connectivity index (χ2v) is 10.1. The normalized spacial score (nSPS) is 20.2. The lowest BCUT2D eigenvalue weighted by Crippen LogP contribution is -2.44. The molecule has 2 aromatic rings. The first-order chi connectivity index (χ1) is 15.5. The number of anilines is 1. The lowest BCUT2D eigenvalue weighted by Gasteiger charge is -2.40. The average Bonchev–Trinajstić information content (AvgIpc) is 3.37. The lowest BCUT2D eigenvalue weighted by molar-refractivity contribution is -0.137. The average molecular weight is 477 g/mol. The van der Waals surface area contributed by atoms with E-state index in [0.29, 0.717) is 49.5 Å². The molecule has 3 heterocycles. The number of halogens is 3. The van der Waals surface area contributed by atoms with Crippen molar-refractivity contribution in [2.24, 2.45) is 11.1 Å². The Balaban J connectivity index is 1.51. The molecule has 1 unspecified atom stereocenters. The summed E-state index contributed by atoms with van der Waals surface area (Å²) in [6.07, 6.45) is -2.93. The number of thiophene rings is 1. The Labute approximate surface area is 193 Å². The SMILES string of the molecule is Cc1ccc(C(=O)N2CC3(CCN(c4ccc(C#N)c(C(F)(F)F)c4)CC3)CC2C(N)=O)s1. The molecule has 2 aliphatic heterocycles.